The van der Waals surface area contributed by atoms with E-state index in [0.29, 0.717) is 11.4 Å². The second kappa shape index (κ2) is 6.86. The highest BCUT2D eigenvalue weighted by molar-refractivity contribution is 6.34. The fraction of sp³-hybridized carbons (Fsp3) is 0.143. The maximum Gasteiger partial charge on any atom is 0.270 e. The number of nitrogens with zero attached hydrogens (tertiary/aromatic N) is 2. The minimum absolute atomic E-state index is 0.0184. The van der Waals surface area contributed by atoms with Gasteiger partial charge in [-0.05, 0) is 12.1 Å². The lowest BCUT2D eigenvalue weighted by Gasteiger charge is -2.09. The largest absolute Gasteiger partial charge is 0.481 e. The Kier molecular flexibility index (Phi) is 4.90. The third kappa shape index (κ3) is 3.50. The highest BCUT2D eigenvalue weighted by Crippen LogP contribution is 2.22. The first-order chi connectivity index (χ1) is 10.5. The number of carbonyl (C=O) groups is 1. The zero-order valence-electron chi connectivity index (χ0n) is 11.6. The van der Waals surface area contributed by atoms with Crippen LogP contribution >= 0.6 is 11.6 Å². The molecular weight excluding hydrogens is 310 g/mol. The Morgan fingerprint density at radius 2 is 2.23 bits per heavy atom. The lowest BCUT2D eigenvalue weighted by molar-refractivity contribution is -0.384. The fourth-order valence-corrected chi connectivity index (χ4v) is 2.08. The summed E-state index contributed by atoms with van der Waals surface area (Å²) in [6.45, 7) is 0.198. The van der Waals surface area contributed by atoms with Crippen LogP contribution in [-0.4, -0.2) is 22.9 Å². The van der Waals surface area contributed by atoms with Gasteiger partial charge in [-0.25, -0.2) is 4.98 Å². The summed E-state index contributed by atoms with van der Waals surface area (Å²) in [4.78, 5) is 26.2. The van der Waals surface area contributed by atoms with Crippen LogP contribution in [0.15, 0.2) is 36.5 Å². The number of nitro groups is 1. The summed E-state index contributed by atoms with van der Waals surface area (Å²) in [7, 11) is 1.49. The van der Waals surface area contributed by atoms with Crippen molar-refractivity contribution in [3.05, 3.63) is 62.8 Å². The predicted molar refractivity (Wildman–Crippen MR) is 80.1 cm³/mol. The van der Waals surface area contributed by atoms with E-state index in [4.69, 9.17) is 16.3 Å². The smallest absolute Gasteiger partial charge is 0.270 e. The van der Waals surface area contributed by atoms with Crippen molar-refractivity contribution in [3.8, 4) is 5.88 Å². The number of non-ortho nitro benzene ring substituents is 1. The second-order valence-corrected chi connectivity index (χ2v) is 4.68. The van der Waals surface area contributed by atoms with Gasteiger partial charge < -0.3 is 10.1 Å². The topological polar surface area (TPSA) is 94.4 Å². The predicted octanol–water partition coefficient (Wildman–Crippen LogP) is 2.58. The molecule has 0 aliphatic rings. The van der Waals surface area contributed by atoms with Gasteiger partial charge in [0.25, 0.3) is 11.6 Å². The average Bonchev–Trinajstić information content (AvgIpc) is 2.52. The molecule has 8 heteroatoms. The van der Waals surface area contributed by atoms with Gasteiger partial charge in [0.2, 0.25) is 5.88 Å². The number of nitrogens with one attached hydrogen (secondary N) is 1. The summed E-state index contributed by atoms with van der Waals surface area (Å²) in [6.07, 6.45) is 1.58. The SMILES string of the molecule is COc1ncccc1CNC(=O)c1ccc([N+](=O)[O-])cc1Cl. The van der Waals surface area contributed by atoms with Crippen LogP contribution in [0, 0.1) is 10.1 Å². The van der Waals surface area contributed by atoms with E-state index in [1.165, 1.54) is 19.2 Å². The highest BCUT2D eigenvalue weighted by atomic mass is 35.5. The number of hydrogen-bond donors (Lipinski definition) is 1. The summed E-state index contributed by atoms with van der Waals surface area (Å²) in [5, 5.41) is 13.3. The van der Waals surface area contributed by atoms with Crippen LogP contribution in [0.5, 0.6) is 5.88 Å². The lowest BCUT2D eigenvalue weighted by atomic mass is 10.2. The molecule has 2 aromatic rings. The lowest BCUT2D eigenvalue weighted by Crippen LogP contribution is -2.23. The van der Waals surface area contributed by atoms with Gasteiger partial charge in [-0.1, -0.05) is 17.7 Å². The van der Waals surface area contributed by atoms with Gasteiger partial charge in [0.05, 0.1) is 22.6 Å². The Bertz CT molecular complexity index is 721. The van der Waals surface area contributed by atoms with Crippen LogP contribution in [0.3, 0.4) is 0 Å². The highest BCUT2D eigenvalue weighted by Gasteiger charge is 2.15. The number of ether oxygens (including phenoxy) is 1. The van der Waals surface area contributed by atoms with Gasteiger partial charge in [-0.15, -0.1) is 0 Å². The molecule has 7 nitrogen and oxygen atoms in total. The molecule has 1 N–H and O–H groups in total. The number of hydrogen-bond acceptors (Lipinski definition) is 5. The summed E-state index contributed by atoms with van der Waals surface area (Å²) in [5.74, 6) is -0.0246. The summed E-state index contributed by atoms with van der Waals surface area (Å²) >= 11 is 5.91. The zero-order chi connectivity index (χ0) is 16.1. The standard InChI is InChI=1S/C14H12ClN3O4/c1-22-14-9(3-2-6-16-14)8-17-13(19)11-5-4-10(18(20)21)7-12(11)15/h2-7H,8H2,1H3,(H,17,19). The van der Waals surface area contributed by atoms with Crippen molar-refractivity contribution in [1.29, 1.82) is 0 Å². The number of benzene rings is 1. The third-order valence-electron chi connectivity index (χ3n) is 2.89. The number of halogens is 1. The number of aromatic nitrogens is 1. The summed E-state index contributed by atoms with van der Waals surface area (Å²) in [6, 6.07) is 7.18. The minimum Gasteiger partial charge on any atom is -0.481 e. The van der Waals surface area contributed by atoms with Crippen LogP contribution in [-0.2, 0) is 6.54 Å². The number of rotatable bonds is 5. The summed E-state index contributed by atoms with van der Waals surface area (Å²) < 4.78 is 5.09. The number of methoxy groups -OCH3 is 1. The molecular formula is C14H12ClN3O4. The molecule has 0 aliphatic heterocycles. The normalized spacial score (nSPS) is 10.1. The van der Waals surface area contributed by atoms with E-state index in [-0.39, 0.29) is 22.8 Å². The van der Waals surface area contributed by atoms with Crippen molar-refractivity contribution >= 4 is 23.2 Å². The van der Waals surface area contributed by atoms with Crippen molar-refractivity contribution in [2.75, 3.05) is 7.11 Å². The molecule has 0 saturated heterocycles. The molecule has 0 fully saturated rings. The van der Waals surface area contributed by atoms with Crippen LogP contribution in [0.25, 0.3) is 0 Å². The van der Waals surface area contributed by atoms with Crippen LogP contribution in [0.4, 0.5) is 5.69 Å². The first-order valence-corrected chi connectivity index (χ1v) is 6.60. The Balaban J connectivity index is 2.11. The van der Waals surface area contributed by atoms with Gasteiger partial charge in [0.15, 0.2) is 0 Å². The van der Waals surface area contributed by atoms with Crippen molar-refractivity contribution in [2.45, 2.75) is 6.54 Å². The number of carbonyl (C=O) groups excluding carboxylic acids is 1. The molecule has 0 atom stereocenters. The van der Waals surface area contributed by atoms with Crippen LogP contribution < -0.4 is 10.1 Å². The molecule has 1 heterocycles. The van der Waals surface area contributed by atoms with Gasteiger partial charge in [-0.3, -0.25) is 14.9 Å². The summed E-state index contributed by atoms with van der Waals surface area (Å²) in [5.41, 5.74) is 0.696. The van der Waals surface area contributed by atoms with Crippen LogP contribution in [0.2, 0.25) is 5.02 Å². The molecule has 114 valence electrons. The molecule has 22 heavy (non-hydrogen) atoms. The number of nitro benzene ring substituents is 1. The average molecular weight is 322 g/mol. The van der Waals surface area contributed by atoms with Gasteiger partial charge in [0.1, 0.15) is 0 Å². The van der Waals surface area contributed by atoms with Gasteiger partial charge in [0, 0.05) is 30.4 Å². The van der Waals surface area contributed by atoms with Gasteiger partial charge in [-0.2, -0.15) is 0 Å². The van der Waals surface area contributed by atoms with E-state index < -0.39 is 10.8 Å². The van der Waals surface area contributed by atoms with E-state index >= 15 is 0 Å². The molecule has 0 radical (unpaired) electrons. The Morgan fingerprint density at radius 1 is 1.45 bits per heavy atom. The molecule has 0 spiro atoms. The van der Waals surface area contributed by atoms with Crippen molar-refractivity contribution < 1.29 is 14.5 Å². The molecule has 0 aliphatic carbocycles. The first kappa shape index (κ1) is 15.7. The molecule has 0 saturated carbocycles. The van der Waals surface area contributed by atoms with E-state index in [1.807, 2.05) is 0 Å². The van der Waals surface area contributed by atoms with Crippen molar-refractivity contribution in [1.82, 2.24) is 10.3 Å². The molecule has 1 aromatic heterocycles. The quantitative estimate of drug-likeness (QED) is 0.674. The molecule has 0 unspecified atom stereocenters. The zero-order valence-corrected chi connectivity index (χ0v) is 12.3. The van der Waals surface area contributed by atoms with E-state index in [0.717, 1.165) is 6.07 Å². The Morgan fingerprint density at radius 3 is 2.86 bits per heavy atom. The maximum atomic E-state index is 12.1. The minimum atomic E-state index is -0.575. The Labute approximate surface area is 131 Å². The van der Waals surface area contributed by atoms with Crippen LogP contribution in [0.1, 0.15) is 15.9 Å². The first-order valence-electron chi connectivity index (χ1n) is 6.23. The fourth-order valence-electron chi connectivity index (χ4n) is 1.81. The van der Waals surface area contributed by atoms with E-state index in [9.17, 15) is 14.9 Å². The monoisotopic (exact) mass is 321 g/mol. The van der Waals surface area contributed by atoms with Crippen molar-refractivity contribution in [3.63, 3.8) is 0 Å². The van der Waals surface area contributed by atoms with Crippen molar-refractivity contribution in [2.24, 2.45) is 0 Å². The number of pyridine rings is 1. The number of amides is 1. The third-order valence-corrected chi connectivity index (χ3v) is 3.20. The molecule has 2 rings (SSSR count). The molecule has 0 bridgehead atoms. The second-order valence-electron chi connectivity index (χ2n) is 4.28. The van der Waals surface area contributed by atoms with Gasteiger partial charge >= 0.3 is 0 Å². The maximum absolute atomic E-state index is 12.1. The molecule has 1 amide bonds. The molecule has 1 aromatic carbocycles. The van der Waals surface area contributed by atoms with E-state index in [2.05, 4.69) is 10.3 Å². The Hall–Kier alpha value is -2.67. The van der Waals surface area contributed by atoms with E-state index in [1.54, 1.807) is 18.3 Å².